The molecule has 294 valence electrons. The Morgan fingerprint density at radius 3 is 1.52 bits per heavy atom. The molecule has 13 rings (SSSR count). The largest absolute Gasteiger partial charge is 0.456 e. The second-order valence-electron chi connectivity index (χ2n) is 16.0. The summed E-state index contributed by atoms with van der Waals surface area (Å²) in [5, 5.41) is 6.44. The molecule has 4 aromatic heterocycles. The molecule has 0 radical (unpaired) electrons. The number of hydrogen-bond donors (Lipinski definition) is 0. The molecular formula is C57H34N4O2. The van der Waals surface area contributed by atoms with E-state index in [9.17, 15) is 0 Å². The van der Waals surface area contributed by atoms with Crippen molar-refractivity contribution < 1.29 is 8.83 Å². The van der Waals surface area contributed by atoms with Gasteiger partial charge in [-0.15, -0.1) is 0 Å². The van der Waals surface area contributed by atoms with Crippen molar-refractivity contribution in [3.8, 4) is 62.1 Å². The van der Waals surface area contributed by atoms with Crippen molar-refractivity contribution in [2.45, 2.75) is 0 Å². The van der Waals surface area contributed by atoms with Crippen molar-refractivity contribution in [2.75, 3.05) is 0 Å². The summed E-state index contributed by atoms with van der Waals surface area (Å²) in [7, 11) is 0. The summed E-state index contributed by atoms with van der Waals surface area (Å²) >= 11 is 0. The molecule has 0 atom stereocenters. The van der Waals surface area contributed by atoms with Gasteiger partial charge in [0.05, 0.1) is 11.0 Å². The maximum Gasteiger partial charge on any atom is 0.164 e. The summed E-state index contributed by atoms with van der Waals surface area (Å²) in [6.07, 6.45) is 0. The van der Waals surface area contributed by atoms with Gasteiger partial charge in [-0.05, 0) is 107 Å². The van der Waals surface area contributed by atoms with Crippen LogP contribution in [0.3, 0.4) is 0 Å². The third-order valence-electron chi connectivity index (χ3n) is 12.2. The van der Waals surface area contributed by atoms with Crippen LogP contribution >= 0.6 is 0 Å². The Morgan fingerprint density at radius 2 is 0.762 bits per heavy atom. The monoisotopic (exact) mass is 806 g/mol. The first-order valence-electron chi connectivity index (χ1n) is 21.1. The molecule has 0 amide bonds. The molecule has 0 spiro atoms. The molecule has 0 saturated carbocycles. The number of aromatic nitrogens is 4. The Kier molecular flexibility index (Phi) is 7.80. The van der Waals surface area contributed by atoms with Gasteiger partial charge >= 0.3 is 0 Å². The molecule has 63 heavy (non-hydrogen) atoms. The first kappa shape index (κ1) is 35.2. The van der Waals surface area contributed by atoms with E-state index in [-0.39, 0.29) is 0 Å². The van der Waals surface area contributed by atoms with Crippen LogP contribution < -0.4 is 0 Å². The number of furan rings is 2. The zero-order chi connectivity index (χ0) is 41.4. The van der Waals surface area contributed by atoms with Crippen LogP contribution in [-0.4, -0.2) is 19.5 Å². The van der Waals surface area contributed by atoms with Gasteiger partial charge in [-0.25, -0.2) is 15.0 Å². The van der Waals surface area contributed by atoms with Crippen molar-refractivity contribution in [2.24, 2.45) is 0 Å². The smallest absolute Gasteiger partial charge is 0.164 e. The maximum absolute atomic E-state index is 6.32. The SMILES string of the molecule is c1ccc(-c2cccc(-c3cccc(-n4c5ccccc5c5cc(-c6nc(-c7ccc8c(c7)oc7ccccc78)nc(-c7ccc8oc9ccccc9c8c7)n6)ccc54)c3)c2)cc1. The van der Waals surface area contributed by atoms with Crippen LogP contribution in [0.2, 0.25) is 0 Å². The normalized spacial score (nSPS) is 11.8. The summed E-state index contributed by atoms with van der Waals surface area (Å²) in [5.41, 5.74) is 13.9. The van der Waals surface area contributed by atoms with E-state index in [2.05, 4.69) is 156 Å². The van der Waals surface area contributed by atoms with E-state index in [1.165, 1.54) is 16.7 Å². The molecule has 6 heteroatoms. The van der Waals surface area contributed by atoms with E-state index < -0.39 is 0 Å². The lowest BCUT2D eigenvalue weighted by atomic mass is 9.99. The summed E-state index contributed by atoms with van der Waals surface area (Å²) in [4.78, 5) is 15.6. The van der Waals surface area contributed by atoms with Gasteiger partial charge in [-0.2, -0.15) is 0 Å². The van der Waals surface area contributed by atoms with E-state index >= 15 is 0 Å². The quantitative estimate of drug-likeness (QED) is 0.167. The highest BCUT2D eigenvalue weighted by atomic mass is 16.3. The average molecular weight is 807 g/mol. The van der Waals surface area contributed by atoms with Gasteiger partial charge in [0.15, 0.2) is 17.5 Å². The van der Waals surface area contributed by atoms with Gasteiger partial charge in [-0.1, -0.05) is 121 Å². The first-order valence-corrected chi connectivity index (χ1v) is 21.1. The van der Waals surface area contributed by atoms with E-state index in [0.29, 0.717) is 17.5 Å². The summed E-state index contributed by atoms with van der Waals surface area (Å²) in [6, 6.07) is 71.8. The fourth-order valence-electron chi connectivity index (χ4n) is 9.22. The van der Waals surface area contributed by atoms with Gasteiger partial charge in [0.25, 0.3) is 0 Å². The third-order valence-corrected chi connectivity index (χ3v) is 12.2. The second kappa shape index (κ2) is 14.0. The van der Waals surface area contributed by atoms with Crippen LogP contribution in [-0.2, 0) is 0 Å². The Bertz CT molecular complexity index is 3930. The predicted octanol–water partition coefficient (Wildman–Crippen LogP) is 15.1. The standard InChI is InChI=1S/C57H34N4O2/c1-2-12-35(13-3-1)36-14-10-15-37(30-36)38-16-11-17-42(31-38)61-49-21-7-4-18-43(49)47-32-39(25-28-50(47)61)55-58-56(40-26-29-53-48(33-40)45-20-6-9-23-52(45)62-53)60-57(59-55)41-24-27-46-44-19-5-8-22-51(44)63-54(46)34-41/h1-34H. The zero-order valence-electron chi connectivity index (χ0n) is 33.7. The highest BCUT2D eigenvalue weighted by molar-refractivity contribution is 6.11. The van der Waals surface area contributed by atoms with Crippen LogP contribution in [0.1, 0.15) is 0 Å². The van der Waals surface area contributed by atoms with Crippen molar-refractivity contribution in [3.05, 3.63) is 206 Å². The molecule has 13 aromatic rings. The average Bonchev–Trinajstić information content (AvgIpc) is 4.03. The molecule has 0 saturated heterocycles. The molecule has 0 N–H and O–H groups in total. The summed E-state index contributed by atoms with van der Waals surface area (Å²) < 4.78 is 14.9. The zero-order valence-corrected chi connectivity index (χ0v) is 33.7. The van der Waals surface area contributed by atoms with E-state index in [1.54, 1.807) is 0 Å². The van der Waals surface area contributed by atoms with Gasteiger partial charge in [0.1, 0.15) is 22.3 Å². The highest BCUT2D eigenvalue weighted by Gasteiger charge is 2.19. The van der Waals surface area contributed by atoms with Gasteiger partial charge < -0.3 is 13.4 Å². The molecule has 6 nitrogen and oxygen atoms in total. The van der Waals surface area contributed by atoms with Gasteiger partial charge in [-0.3, -0.25) is 0 Å². The van der Waals surface area contributed by atoms with E-state index in [0.717, 1.165) is 93.6 Å². The van der Waals surface area contributed by atoms with E-state index in [1.807, 2.05) is 54.6 Å². The molecular weight excluding hydrogens is 773 g/mol. The molecule has 9 aromatic carbocycles. The van der Waals surface area contributed by atoms with Crippen LogP contribution in [0.15, 0.2) is 215 Å². The molecule has 0 fully saturated rings. The highest BCUT2D eigenvalue weighted by Crippen LogP contribution is 2.38. The van der Waals surface area contributed by atoms with Gasteiger partial charge in [0.2, 0.25) is 0 Å². The van der Waals surface area contributed by atoms with Crippen LogP contribution in [0.4, 0.5) is 0 Å². The third kappa shape index (κ3) is 5.84. The van der Waals surface area contributed by atoms with Crippen molar-refractivity contribution in [1.82, 2.24) is 19.5 Å². The minimum Gasteiger partial charge on any atom is -0.456 e. The minimum absolute atomic E-state index is 0.560. The maximum atomic E-state index is 6.32. The predicted molar refractivity (Wildman–Crippen MR) is 256 cm³/mol. The van der Waals surface area contributed by atoms with Crippen LogP contribution in [0.25, 0.3) is 128 Å². The molecule has 4 heterocycles. The molecule has 0 aliphatic carbocycles. The first-order chi connectivity index (χ1) is 31.2. The van der Waals surface area contributed by atoms with Gasteiger partial charge in [0, 0.05) is 54.7 Å². The molecule has 0 aliphatic rings. The lowest BCUT2D eigenvalue weighted by Crippen LogP contribution is -2.00. The van der Waals surface area contributed by atoms with Crippen LogP contribution in [0.5, 0.6) is 0 Å². The Balaban J connectivity index is 0.967. The van der Waals surface area contributed by atoms with E-state index in [4.69, 9.17) is 23.8 Å². The lowest BCUT2D eigenvalue weighted by molar-refractivity contribution is 0.668. The Hall–Kier alpha value is -8.61. The van der Waals surface area contributed by atoms with Crippen molar-refractivity contribution in [1.29, 1.82) is 0 Å². The van der Waals surface area contributed by atoms with Crippen LogP contribution in [0, 0.1) is 0 Å². The summed E-state index contributed by atoms with van der Waals surface area (Å²) in [5.74, 6) is 1.71. The van der Waals surface area contributed by atoms with Crippen molar-refractivity contribution >= 4 is 65.7 Å². The molecule has 0 aliphatic heterocycles. The Labute approximate surface area is 361 Å². The number of benzene rings is 9. The number of rotatable bonds is 6. The fourth-order valence-corrected chi connectivity index (χ4v) is 9.22. The number of nitrogens with zero attached hydrogens (tertiary/aromatic N) is 4. The lowest BCUT2D eigenvalue weighted by Gasteiger charge is -2.12. The van der Waals surface area contributed by atoms with Crippen molar-refractivity contribution in [3.63, 3.8) is 0 Å². The fraction of sp³-hybridized carbons (Fsp3) is 0. The second-order valence-corrected chi connectivity index (χ2v) is 16.0. The topological polar surface area (TPSA) is 69.9 Å². The minimum atomic E-state index is 0.560. The Morgan fingerprint density at radius 1 is 0.270 bits per heavy atom. The number of hydrogen-bond acceptors (Lipinski definition) is 5. The number of fused-ring (bicyclic) bond motifs is 9. The number of para-hydroxylation sites is 3. The summed E-state index contributed by atoms with van der Waals surface area (Å²) in [6.45, 7) is 0. The molecule has 0 unspecified atom stereocenters. The molecule has 0 bridgehead atoms.